The topological polar surface area (TPSA) is 82.5 Å². The van der Waals surface area contributed by atoms with Crippen LogP contribution in [-0.2, 0) is 6.42 Å². The molecule has 0 spiro atoms. The molecule has 0 aliphatic carbocycles. The average Bonchev–Trinajstić information content (AvgIpc) is 2.92. The van der Waals surface area contributed by atoms with Crippen LogP contribution in [-0.4, -0.2) is 24.7 Å². The lowest BCUT2D eigenvalue weighted by Crippen LogP contribution is -2.04. The molecule has 2 heterocycles. The second-order valence-electron chi connectivity index (χ2n) is 6.19. The molecule has 6 nitrogen and oxygen atoms in total. The fourth-order valence-electron chi connectivity index (χ4n) is 2.48. The maximum absolute atomic E-state index is 13.7. The number of nitrogens with zero attached hydrogens (tertiary/aromatic N) is 5. The van der Waals surface area contributed by atoms with Gasteiger partial charge in [0.2, 0.25) is 5.95 Å². The Balaban J connectivity index is 2.18. The summed E-state index contributed by atoms with van der Waals surface area (Å²) in [5.41, 5.74) is 7.23. The number of aromatic nitrogens is 5. The van der Waals surface area contributed by atoms with Gasteiger partial charge in [0.1, 0.15) is 0 Å². The van der Waals surface area contributed by atoms with Crippen LogP contribution in [0.1, 0.15) is 25.4 Å². The Morgan fingerprint density at radius 1 is 1.16 bits per heavy atom. The highest BCUT2D eigenvalue weighted by Gasteiger charge is 2.18. The Morgan fingerprint density at radius 3 is 2.56 bits per heavy atom. The second-order valence-corrected chi connectivity index (χ2v) is 6.19. The first-order valence-corrected chi connectivity index (χ1v) is 7.86. The summed E-state index contributed by atoms with van der Waals surface area (Å²) < 4.78 is 28.4. The number of nitrogen functional groups attached to an aromatic ring is 1. The van der Waals surface area contributed by atoms with E-state index in [2.05, 4.69) is 33.9 Å². The van der Waals surface area contributed by atoms with Crippen LogP contribution in [0.2, 0.25) is 0 Å². The summed E-state index contributed by atoms with van der Waals surface area (Å²) in [4.78, 5) is 12.7. The number of anilines is 1. The highest BCUT2D eigenvalue weighted by atomic mass is 19.2. The van der Waals surface area contributed by atoms with E-state index >= 15 is 0 Å². The first-order valence-electron chi connectivity index (χ1n) is 7.86. The number of halogens is 2. The predicted octanol–water partition coefficient (Wildman–Crippen LogP) is 3.09. The van der Waals surface area contributed by atoms with Gasteiger partial charge >= 0.3 is 0 Å². The average molecular weight is 344 g/mol. The van der Waals surface area contributed by atoms with Gasteiger partial charge in [-0.15, -0.1) is 0 Å². The minimum absolute atomic E-state index is 0.155. The van der Waals surface area contributed by atoms with Crippen molar-refractivity contribution in [3.63, 3.8) is 0 Å². The second kappa shape index (κ2) is 6.54. The van der Waals surface area contributed by atoms with Gasteiger partial charge in [-0.25, -0.2) is 28.4 Å². The van der Waals surface area contributed by atoms with E-state index in [-0.39, 0.29) is 5.95 Å². The van der Waals surface area contributed by atoms with Gasteiger partial charge in [-0.3, -0.25) is 0 Å². The van der Waals surface area contributed by atoms with Crippen molar-refractivity contribution >= 4 is 5.95 Å². The monoisotopic (exact) mass is 344 g/mol. The van der Waals surface area contributed by atoms with Gasteiger partial charge in [0.05, 0.1) is 16.9 Å². The van der Waals surface area contributed by atoms with Crippen molar-refractivity contribution in [3.8, 4) is 17.1 Å². The van der Waals surface area contributed by atoms with Crippen LogP contribution in [0.3, 0.4) is 0 Å². The Morgan fingerprint density at radius 2 is 1.92 bits per heavy atom. The van der Waals surface area contributed by atoms with Crippen LogP contribution in [0.15, 0.2) is 24.4 Å². The quantitative estimate of drug-likeness (QED) is 0.786. The first kappa shape index (κ1) is 16.9. The van der Waals surface area contributed by atoms with Crippen LogP contribution in [0, 0.1) is 24.5 Å². The summed E-state index contributed by atoms with van der Waals surface area (Å²) in [7, 11) is 0. The third-order valence-electron chi connectivity index (χ3n) is 3.63. The molecule has 0 saturated heterocycles. The van der Waals surface area contributed by atoms with Crippen molar-refractivity contribution < 1.29 is 8.78 Å². The molecule has 2 aromatic heterocycles. The van der Waals surface area contributed by atoms with Gasteiger partial charge in [0.25, 0.3) is 0 Å². The highest BCUT2D eigenvalue weighted by Crippen LogP contribution is 2.25. The number of aryl methyl sites for hydroxylation is 1. The molecule has 2 N–H and O–H groups in total. The summed E-state index contributed by atoms with van der Waals surface area (Å²) in [6.45, 7) is 5.88. The molecular formula is C17H18F2N6. The minimum atomic E-state index is -0.949. The summed E-state index contributed by atoms with van der Waals surface area (Å²) in [6.07, 6.45) is 2.20. The number of hydrogen-bond donors (Lipinski definition) is 1. The molecule has 3 rings (SSSR count). The van der Waals surface area contributed by atoms with Gasteiger partial charge in [-0.1, -0.05) is 13.8 Å². The zero-order valence-electron chi connectivity index (χ0n) is 14.2. The summed E-state index contributed by atoms with van der Waals surface area (Å²) >= 11 is 0. The number of benzene rings is 1. The van der Waals surface area contributed by atoms with Gasteiger partial charge < -0.3 is 5.73 Å². The minimum Gasteiger partial charge on any atom is -0.368 e. The van der Waals surface area contributed by atoms with E-state index in [0.29, 0.717) is 40.9 Å². The third kappa shape index (κ3) is 3.47. The van der Waals surface area contributed by atoms with Crippen molar-refractivity contribution in [3.05, 3.63) is 47.5 Å². The van der Waals surface area contributed by atoms with E-state index in [1.165, 1.54) is 10.7 Å². The molecule has 8 heteroatoms. The molecule has 25 heavy (non-hydrogen) atoms. The fraction of sp³-hybridized carbons (Fsp3) is 0.294. The molecule has 0 unspecified atom stereocenters. The van der Waals surface area contributed by atoms with Crippen molar-refractivity contribution in [2.45, 2.75) is 27.2 Å². The maximum Gasteiger partial charge on any atom is 0.220 e. The van der Waals surface area contributed by atoms with Crippen molar-refractivity contribution in [1.29, 1.82) is 0 Å². The zero-order chi connectivity index (χ0) is 18.1. The van der Waals surface area contributed by atoms with Crippen molar-refractivity contribution in [2.24, 2.45) is 5.92 Å². The molecule has 0 aliphatic rings. The van der Waals surface area contributed by atoms with Crippen LogP contribution in [0.4, 0.5) is 14.7 Å². The predicted molar refractivity (Wildman–Crippen MR) is 90.0 cm³/mol. The van der Waals surface area contributed by atoms with E-state index < -0.39 is 11.6 Å². The number of rotatable bonds is 4. The molecular weight excluding hydrogens is 326 g/mol. The van der Waals surface area contributed by atoms with E-state index in [1.807, 2.05) is 0 Å². The molecule has 0 amide bonds. The molecule has 0 radical (unpaired) electrons. The molecule has 0 atom stereocenters. The van der Waals surface area contributed by atoms with Gasteiger partial charge in [0.15, 0.2) is 23.3 Å². The number of hydrogen-bond acceptors (Lipinski definition) is 5. The lowest BCUT2D eigenvalue weighted by molar-refractivity contribution is 0.507. The van der Waals surface area contributed by atoms with E-state index in [4.69, 9.17) is 5.73 Å². The summed E-state index contributed by atoms with van der Waals surface area (Å²) in [5, 5.41) is 4.46. The largest absolute Gasteiger partial charge is 0.368 e. The lowest BCUT2D eigenvalue weighted by Gasteiger charge is -2.08. The molecule has 130 valence electrons. The Hall–Kier alpha value is -2.90. The molecule has 0 aliphatic heterocycles. The van der Waals surface area contributed by atoms with Crippen LogP contribution >= 0.6 is 0 Å². The highest BCUT2D eigenvalue weighted by molar-refractivity contribution is 5.60. The smallest absolute Gasteiger partial charge is 0.220 e. The maximum atomic E-state index is 13.7. The standard InChI is InChI=1S/C17H18F2N6/c1-9(2)6-15-23-16(12-8-21-17(20)22-10(12)3)25(24-15)11-4-5-13(18)14(19)7-11/h4-5,7-9H,6H2,1-3H3,(H2,20,21,22). The van der Waals surface area contributed by atoms with Gasteiger partial charge in [-0.05, 0) is 25.0 Å². The van der Waals surface area contributed by atoms with Crippen LogP contribution < -0.4 is 5.73 Å². The molecule has 0 fully saturated rings. The molecule has 3 aromatic rings. The van der Waals surface area contributed by atoms with Crippen molar-refractivity contribution in [2.75, 3.05) is 5.73 Å². The van der Waals surface area contributed by atoms with E-state index in [0.717, 1.165) is 12.1 Å². The molecule has 0 saturated carbocycles. The zero-order valence-corrected chi connectivity index (χ0v) is 14.2. The molecule has 1 aromatic carbocycles. The Kier molecular flexibility index (Phi) is 4.43. The molecule has 0 bridgehead atoms. The third-order valence-corrected chi connectivity index (χ3v) is 3.63. The van der Waals surface area contributed by atoms with Gasteiger partial charge in [-0.2, -0.15) is 5.10 Å². The van der Waals surface area contributed by atoms with Crippen LogP contribution in [0.25, 0.3) is 17.1 Å². The summed E-state index contributed by atoms with van der Waals surface area (Å²) in [6, 6.07) is 3.59. The number of nitrogens with two attached hydrogens (primary N) is 1. The van der Waals surface area contributed by atoms with E-state index in [1.54, 1.807) is 13.1 Å². The first-order chi connectivity index (χ1) is 11.8. The van der Waals surface area contributed by atoms with Gasteiger partial charge in [0, 0.05) is 18.7 Å². The Bertz CT molecular complexity index is 919. The van der Waals surface area contributed by atoms with E-state index in [9.17, 15) is 8.78 Å². The fourth-order valence-corrected chi connectivity index (χ4v) is 2.48. The lowest BCUT2D eigenvalue weighted by atomic mass is 10.1. The van der Waals surface area contributed by atoms with Crippen molar-refractivity contribution in [1.82, 2.24) is 24.7 Å². The summed E-state index contributed by atoms with van der Waals surface area (Å²) in [5.74, 6) is -0.306. The SMILES string of the molecule is Cc1nc(N)ncc1-c1nc(CC(C)C)nn1-c1ccc(F)c(F)c1. The Labute approximate surface area is 143 Å². The normalized spacial score (nSPS) is 11.3. The van der Waals surface area contributed by atoms with Crippen LogP contribution in [0.5, 0.6) is 0 Å².